The Bertz CT molecular complexity index is 919. The van der Waals surface area contributed by atoms with Crippen molar-refractivity contribution in [2.75, 3.05) is 12.0 Å². The number of para-hydroxylation sites is 2. The van der Waals surface area contributed by atoms with Gasteiger partial charge in [0.05, 0.1) is 24.6 Å². The van der Waals surface area contributed by atoms with Crippen molar-refractivity contribution in [2.24, 2.45) is 23.7 Å². The number of ether oxygens (including phenoxy) is 2. The van der Waals surface area contributed by atoms with Crippen LogP contribution in [-0.4, -0.2) is 18.9 Å². The third-order valence-corrected chi connectivity index (χ3v) is 5.86. The summed E-state index contributed by atoms with van der Waals surface area (Å²) in [6, 6.07) is 14.4. The maximum Gasteiger partial charge on any atom is 0.238 e. The zero-order chi connectivity index (χ0) is 18.5. The van der Waals surface area contributed by atoms with Crippen molar-refractivity contribution < 1.29 is 19.1 Å². The summed E-state index contributed by atoms with van der Waals surface area (Å²) in [4.78, 5) is 27.1. The van der Waals surface area contributed by atoms with Gasteiger partial charge in [-0.2, -0.15) is 0 Å². The van der Waals surface area contributed by atoms with Gasteiger partial charge < -0.3 is 9.47 Å². The third-order valence-electron chi connectivity index (χ3n) is 5.86. The summed E-state index contributed by atoms with van der Waals surface area (Å²) in [6.07, 6.45) is 5.14. The van der Waals surface area contributed by atoms with Crippen molar-refractivity contribution in [2.45, 2.75) is 6.42 Å². The summed E-state index contributed by atoms with van der Waals surface area (Å²) in [7, 11) is 1.59. The lowest BCUT2D eigenvalue weighted by Crippen LogP contribution is -2.32. The Morgan fingerprint density at radius 2 is 1.44 bits per heavy atom. The molecule has 1 heterocycles. The van der Waals surface area contributed by atoms with Gasteiger partial charge in [0.1, 0.15) is 5.75 Å². The monoisotopic (exact) mass is 361 g/mol. The Hall–Kier alpha value is -3.08. The van der Waals surface area contributed by atoms with Crippen LogP contribution in [0.3, 0.4) is 0 Å². The van der Waals surface area contributed by atoms with Gasteiger partial charge in [0.25, 0.3) is 0 Å². The van der Waals surface area contributed by atoms with E-state index in [-0.39, 0.29) is 35.5 Å². The van der Waals surface area contributed by atoms with Crippen LogP contribution < -0.4 is 14.4 Å². The van der Waals surface area contributed by atoms with Gasteiger partial charge in [-0.05, 0) is 54.7 Å². The highest BCUT2D eigenvalue weighted by Crippen LogP contribution is 2.53. The van der Waals surface area contributed by atoms with Gasteiger partial charge in [-0.3, -0.25) is 14.5 Å². The second-order valence-corrected chi connectivity index (χ2v) is 7.26. The van der Waals surface area contributed by atoms with Crippen molar-refractivity contribution in [1.82, 2.24) is 0 Å². The Kier molecular flexibility index (Phi) is 3.57. The molecule has 27 heavy (non-hydrogen) atoms. The molecule has 0 aromatic heterocycles. The highest BCUT2D eigenvalue weighted by Gasteiger charge is 2.59. The fraction of sp³-hybridized carbons (Fsp3) is 0.273. The molecule has 5 rings (SSSR count). The molecule has 136 valence electrons. The van der Waals surface area contributed by atoms with Gasteiger partial charge in [-0.25, -0.2) is 0 Å². The third kappa shape index (κ3) is 2.38. The minimum absolute atomic E-state index is 0.0692. The molecule has 3 aliphatic rings. The smallest absolute Gasteiger partial charge is 0.238 e. The fourth-order valence-corrected chi connectivity index (χ4v) is 4.65. The molecule has 2 aromatic carbocycles. The fourth-order valence-electron chi connectivity index (χ4n) is 4.65. The first kappa shape index (κ1) is 16.1. The second kappa shape index (κ2) is 5.98. The van der Waals surface area contributed by atoms with E-state index >= 15 is 0 Å². The standard InChI is InChI=1S/C22H19NO4/c1-26-17-4-2-3-5-18(17)27-16-10-8-15(9-11-16)23-21(24)19-13-6-7-14(12-13)20(19)22(23)25/h2-11,13-14,19-20H,12H2,1H3/t13-,14-,19+,20+/m1/s1. The number of carbonyl (C=O) groups excluding carboxylic acids is 2. The van der Waals surface area contributed by atoms with Crippen LogP contribution in [0.4, 0.5) is 5.69 Å². The van der Waals surface area contributed by atoms with Gasteiger partial charge in [0.15, 0.2) is 11.5 Å². The van der Waals surface area contributed by atoms with Crippen LogP contribution in [0.25, 0.3) is 0 Å². The first-order valence-corrected chi connectivity index (χ1v) is 9.14. The van der Waals surface area contributed by atoms with E-state index in [1.165, 1.54) is 4.90 Å². The van der Waals surface area contributed by atoms with E-state index in [4.69, 9.17) is 9.47 Å². The maximum absolute atomic E-state index is 12.9. The molecule has 1 saturated heterocycles. The lowest BCUT2D eigenvalue weighted by Gasteiger charge is -2.18. The van der Waals surface area contributed by atoms with E-state index in [0.29, 0.717) is 22.9 Å². The number of allylic oxidation sites excluding steroid dienone is 2. The van der Waals surface area contributed by atoms with E-state index in [1.54, 1.807) is 31.4 Å². The Morgan fingerprint density at radius 1 is 0.852 bits per heavy atom. The summed E-state index contributed by atoms with van der Waals surface area (Å²) in [5, 5.41) is 0. The summed E-state index contributed by atoms with van der Waals surface area (Å²) in [5.74, 6) is 1.79. The van der Waals surface area contributed by atoms with E-state index in [9.17, 15) is 9.59 Å². The van der Waals surface area contributed by atoms with Gasteiger partial charge in [-0.1, -0.05) is 24.3 Å². The molecule has 2 aromatic rings. The number of fused-ring (bicyclic) bond motifs is 5. The zero-order valence-electron chi connectivity index (χ0n) is 14.9. The average molecular weight is 361 g/mol. The first-order valence-electron chi connectivity index (χ1n) is 9.14. The summed E-state index contributed by atoms with van der Waals surface area (Å²) in [5.41, 5.74) is 0.603. The second-order valence-electron chi connectivity index (χ2n) is 7.26. The van der Waals surface area contributed by atoms with Crippen molar-refractivity contribution in [3.05, 3.63) is 60.7 Å². The van der Waals surface area contributed by atoms with E-state index in [0.717, 1.165) is 6.42 Å². The van der Waals surface area contributed by atoms with Crippen molar-refractivity contribution in [1.29, 1.82) is 0 Å². The summed E-state index contributed by atoms with van der Waals surface area (Å²) >= 11 is 0. The maximum atomic E-state index is 12.9. The number of methoxy groups -OCH3 is 1. The zero-order valence-corrected chi connectivity index (χ0v) is 14.9. The highest BCUT2D eigenvalue weighted by atomic mass is 16.5. The highest BCUT2D eigenvalue weighted by molar-refractivity contribution is 6.22. The van der Waals surface area contributed by atoms with Crippen molar-refractivity contribution in [3.63, 3.8) is 0 Å². The number of hydrogen-bond acceptors (Lipinski definition) is 4. The molecular weight excluding hydrogens is 342 g/mol. The van der Waals surface area contributed by atoms with Gasteiger partial charge in [0.2, 0.25) is 11.8 Å². The molecule has 2 bridgehead atoms. The molecule has 0 radical (unpaired) electrons. The molecule has 0 spiro atoms. The van der Waals surface area contributed by atoms with Gasteiger partial charge in [-0.15, -0.1) is 0 Å². The molecule has 5 heteroatoms. The number of amides is 2. The summed E-state index contributed by atoms with van der Waals surface area (Å²) in [6.45, 7) is 0. The SMILES string of the molecule is COc1ccccc1Oc1ccc(N2C(=O)[C@@H]3[C@@H](C2=O)[C@@H]2C=C[C@@H]3C2)cc1. The van der Waals surface area contributed by atoms with Crippen LogP contribution in [-0.2, 0) is 9.59 Å². The van der Waals surface area contributed by atoms with E-state index in [2.05, 4.69) is 12.2 Å². The van der Waals surface area contributed by atoms with Gasteiger partial charge >= 0.3 is 0 Å². The molecule has 5 nitrogen and oxygen atoms in total. The number of benzene rings is 2. The minimum atomic E-state index is -0.183. The normalized spacial score (nSPS) is 28.0. The van der Waals surface area contributed by atoms with Crippen molar-refractivity contribution >= 4 is 17.5 Å². The van der Waals surface area contributed by atoms with E-state index in [1.807, 2.05) is 24.3 Å². The Labute approximate surface area is 157 Å². The van der Waals surface area contributed by atoms with Gasteiger partial charge in [0, 0.05) is 0 Å². The van der Waals surface area contributed by atoms with Crippen LogP contribution >= 0.6 is 0 Å². The molecule has 1 aliphatic heterocycles. The Balaban J connectivity index is 1.38. The molecule has 0 unspecified atom stereocenters. The number of rotatable bonds is 4. The predicted octanol–water partition coefficient (Wildman–Crippen LogP) is 3.80. The number of imide groups is 1. The molecule has 2 fully saturated rings. The quantitative estimate of drug-likeness (QED) is 0.614. The van der Waals surface area contributed by atoms with Crippen LogP contribution in [0.1, 0.15) is 6.42 Å². The number of hydrogen-bond donors (Lipinski definition) is 0. The van der Waals surface area contributed by atoms with Crippen LogP contribution in [0, 0.1) is 23.7 Å². The number of anilines is 1. The predicted molar refractivity (Wildman–Crippen MR) is 99.7 cm³/mol. The molecule has 0 N–H and O–H groups in total. The van der Waals surface area contributed by atoms with Crippen LogP contribution in [0.5, 0.6) is 17.2 Å². The Morgan fingerprint density at radius 3 is 2.04 bits per heavy atom. The molecule has 1 saturated carbocycles. The number of nitrogens with zero attached hydrogens (tertiary/aromatic N) is 1. The molecule has 2 amide bonds. The average Bonchev–Trinajstić information content (AvgIpc) is 3.37. The molecule has 4 atom stereocenters. The molecular formula is C22H19NO4. The lowest BCUT2D eigenvalue weighted by atomic mass is 9.85. The van der Waals surface area contributed by atoms with E-state index < -0.39 is 0 Å². The summed E-state index contributed by atoms with van der Waals surface area (Å²) < 4.78 is 11.2. The number of carbonyl (C=O) groups is 2. The first-order chi connectivity index (χ1) is 13.2. The minimum Gasteiger partial charge on any atom is -0.493 e. The van der Waals surface area contributed by atoms with Crippen molar-refractivity contribution in [3.8, 4) is 17.2 Å². The topological polar surface area (TPSA) is 55.8 Å². The largest absolute Gasteiger partial charge is 0.493 e. The van der Waals surface area contributed by atoms with Crippen LogP contribution in [0.15, 0.2) is 60.7 Å². The van der Waals surface area contributed by atoms with Crippen LogP contribution in [0.2, 0.25) is 0 Å². The lowest BCUT2D eigenvalue weighted by molar-refractivity contribution is -0.123. The molecule has 2 aliphatic carbocycles.